The molecule has 0 radical (unpaired) electrons. The van der Waals surface area contributed by atoms with Crippen LogP contribution in [0.15, 0.2) is 35.1 Å². The van der Waals surface area contributed by atoms with Gasteiger partial charge in [-0.3, -0.25) is 13.9 Å². The second kappa shape index (κ2) is 6.77. The van der Waals surface area contributed by atoms with Crippen molar-refractivity contribution in [1.82, 2.24) is 19.4 Å². The molecule has 1 aromatic carbocycles. The Labute approximate surface area is 166 Å². The van der Waals surface area contributed by atoms with Crippen molar-refractivity contribution in [3.05, 3.63) is 57.8 Å². The Morgan fingerprint density at radius 2 is 1.93 bits per heavy atom. The number of amides is 2. The molecule has 0 unspecified atom stereocenters. The quantitative estimate of drug-likeness (QED) is 0.798. The van der Waals surface area contributed by atoms with Gasteiger partial charge in [0.25, 0.3) is 5.91 Å². The molecule has 0 aliphatic carbocycles. The largest absolute Gasteiger partial charge is 0.445 e. The maximum Gasteiger partial charge on any atom is 0.410 e. The van der Waals surface area contributed by atoms with Crippen LogP contribution in [0.2, 0.25) is 0 Å². The van der Waals surface area contributed by atoms with Crippen LogP contribution < -0.4 is 11.0 Å². The average Bonchev–Trinajstić information content (AvgIpc) is 2.88. The molecule has 4 heterocycles. The SMILES string of the molecule is O=C1NCC2(COC2)Cn2c1c1n(c2=O)CCN(C(=O)OCc2ccccc2)C1. The zero-order valence-electron chi connectivity index (χ0n) is 15.9. The van der Waals surface area contributed by atoms with Crippen LogP contribution in [0.4, 0.5) is 4.79 Å². The first-order valence-electron chi connectivity index (χ1n) is 9.70. The summed E-state index contributed by atoms with van der Waals surface area (Å²) in [5.74, 6) is -0.279. The molecule has 1 N–H and O–H groups in total. The van der Waals surface area contributed by atoms with Gasteiger partial charge >= 0.3 is 11.8 Å². The van der Waals surface area contributed by atoms with Gasteiger partial charge in [0.15, 0.2) is 0 Å². The van der Waals surface area contributed by atoms with Gasteiger partial charge in [-0.25, -0.2) is 9.59 Å². The Hall–Kier alpha value is -3.07. The molecule has 1 aromatic heterocycles. The van der Waals surface area contributed by atoms with E-state index in [9.17, 15) is 14.4 Å². The van der Waals surface area contributed by atoms with Gasteiger partial charge in [-0.2, -0.15) is 0 Å². The monoisotopic (exact) mass is 398 g/mol. The third kappa shape index (κ3) is 3.02. The van der Waals surface area contributed by atoms with E-state index in [1.54, 1.807) is 14.0 Å². The number of hydrogen-bond acceptors (Lipinski definition) is 5. The lowest BCUT2D eigenvalue weighted by Crippen LogP contribution is -2.52. The average molecular weight is 398 g/mol. The summed E-state index contributed by atoms with van der Waals surface area (Å²) in [4.78, 5) is 39.8. The third-order valence-electron chi connectivity index (χ3n) is 5.88. The molecule has 9 heteroatoms. The maximum absolute atomic E-state index is 12.9. The molecule has 29 heavy (non-hydrogen) atoms. The molecule has 0 saturated carbocycles. The number of benzene rings is 1. The summed E-state index contributed by atoms with van der Waals surface area (Å²) in [6, 6.07) is 9.45. The molecule has 1 spiro atoms. The number of nitrogens with one attached hydrogen (secondary N) is 1. The Morgan fingerprint density at radius 3 is 2.66 bits per heavy atom. The summed E-state index contributed by atoms with van der Waals surface area (Å²) >= 11 is 0. The van der Waals surface area contributed by atoms with Gasteiger partial charge in [-0.15, -0.1) is 0 Å². The second-order valence-electron chi connectivity index (χ2n) is 7.95. The standard InChI is InChI=1S/C20H22N4O5/c25-17-16-15-8-22(19(27)29-9-14-4-2-1-3-5-14)6-7-23(15)18(26)24(16)11-20(10-21-17)12-28-13-20/h1-5H,6-13H2,(H,21,25). The number of nitrogens with zero attached hydrogens (tertiary/aromatic N) is 3. The van der Waals surface area contributed by atoms with Crippen molar-refractivity contribution in [2.75, 3.05) is 26.3 Å². The molecule has 1 saturated heterocycles. The van der Waals surface area contributed by atoms with Crippen LogP contribution >= 0.6 is 0 Å². The topological polar surface area (TPSA) is 94.8 Å². The lowest BCUT2D eigenvalue weighted by atomic mass is 9.86. The fourth-order valence-electron chi connectivity index (χ4n) is 4.21. The number of fused-ring (bicyclic) bond motifs is 3. The first-order valence-corrected chi connectivity index (χ1v) is 9.70. The number of carbonyl (C=O) groups excluding carboxylic acids is 2. The van der Waals surface area contributed by atoms with Crippen LogP contribution in [-0.2, 0) is 35.7 Å². The van der Waals surface area contributed by atoms with Crippen LogP contribution in [-0.4, -0.2) is 52.3 Å². The zero-order valence-corrected chi connectivity index (χ0v) is 15.9. The van der Waals surface area contributed by atoms with Crippen molar-refractivity contribution in [1.29, 1.82) is 0 Å². The minimum absolute atomic E-state index is 0.169. The fraction of sp³-hybridized carbons (Fsp3) is 0.450. The highest BCUT2D eigenvalue weighted by Gasteiger charge is 2.44. The van der Waals surface area contributed by atoms with Crippen molar-refractivity contribution in [2.24, 2.45) is 5.41 Å². The predicted octanol–water partition coefficient (Wildman–Crippen LogP) is 0.562. The van der Waals surface area contributed by atoms with E-state index in [1.807, 2.05) is 30.3 Å². The highest BCUT2D eigenvalue weighted by atomic mass is 16.6. The Bertz CT molecular complexity index is 1020. The Kier molecular flexibility index (Phi) is 4.20. The fourth-order valence-corrected chi connectivity index (χ4v) is 4.21. The summed E-state index contributed by atoms with van der Waals surface area (Å²) in [6.07, 6.45) is -0.453. The van der Waals surface area contributed by atoms with Crippen LogP contribution in [0.5, 0.6) is 0 Å². The molecular formula is C20H22N4O5. The highest BCUT2D eigenvalue weighted by molar-refractivity contribution is 5.94. The van der Waals surface area contributed by atoms with Gasteiger partial charge in [0.1, 0.15) is 12.3 Å². The molecule has 3 aliphatic rings. The molecule has 9 nitrogen and oxygen atoms in total. The highest BCUT2D eigenvalue weighted by Crippen LogP contribution is 2.32. The van der Waals surface area contributed by atoms with E-state index < -0.39 is 6.09 Å². The number of carbonyl (C=O) groups is 2. The number of aromatic nitrogens is 2. The van der Waals surface area contributed by atoms with Crippen LogP contribution in [0, 0.1) is 5.41 Å². The van der Waals surface area contributed by atoms with Gasteiger partial charge in [-0.05, 0) is 5.56 Å². The number of imidazole rings is 1. The second-order valence-corrected chi connectivity index (χ2v) is 7.95. The van der Waals surface area contributed by atoms with E-state index in [2.05, 4.69) is 5.32 Å². The molecule has 1 fully saturated rings. The summed E-state index contributed by atoms with van der Waals surface area (Å²) in [6.45, 7) is 3.02. The minimum Gasteiger partial charge on any atom is -0.445 e. The van der Waals surface area contributed by atoms with Gasteiger partial charge in [-0.1, -0.05) is 30.3 Å². The summed E-state index contributed by atoms with van der Waals surface area (Å²) in [5, 5.41) is 2.92. The lowest BCUT2D eigenvalue weighted by molar-refractivity contribution is -0.117. The molecule has 2 amide bonds. The van der Waals surface area contributed by atoms with E-state index >= 15 is 0 Å². The van der Waals surface area contributed by atoms with Crippen LogP contribution in [0.25, 0.3) is 0 Å². The van der Waals surface area contributed by atoms with Crippen molar-refractivity contribution >= 4 is 12.0 Å². The van der Waals surface area contributed by atoms with Crippen LogP contribution in [0.3, 0.4) is 0 Å². The first-order chi connectivity index (χ1) is 14.1. The smallest absolute Gasteiger partial charge is 0.410 e. The van der Waals surface area contributed by atoms with Crippen molar-refractivity contribution in [3.63, 3.8) is 0 Å². The van der Waals surface area contributed by atoms with E-state index in [0.29, 0.717) is 50.8 Å². The van der Waals surface area contributed by atoms with Gasteiger partial charge in [0, 0.05) is 26.2 Å². The molecule has 0 atom stereocenters. The van der Waals surface area contributed by atoms with E-state index in [0.717, 1.165) is 5.56 Å². The van der Waals surface area contributed by atoms with Gasteiger partial charge in [0.05, 0.1) is 30.9 Å². The van der Waals surface area contributed by atoms with Crippen molar-refractivity contribution < 1.29 is 19.1 Å². The van der Waals surface area contributed by atoms with E-state index in [-0.39, 0.29) is 30.2 Å². The normalized spacial score (nSPS) is 19.6. The predicted molar refractivity (Wildman–Crippen MR) is 101 cm³/mol. The molecule has 3 aliphatic heterocycles. The van der Waals surface area contributed by atoms with Crippen molar-refractivity contribution in [2.45, 2.75) is 26.2 Å². The molecular weight excluding hydrogens is 376 g/mol. The van der Waals surface area contributed by atoms with Gasteiger partial charge in [0.2, 0.25) is 0 Å². The molecule has 0 bridgehead atoms. The van der Waals surface area contributed by atoms with E-state index in [1.165, 1.54) is 0 Å². The Morgan fingerprint density at radius 1 is 1.14 bits per heavy atom. The zero-order chi connectivity index (χ0) is 20.0. The Balaban J connectivity index is 1.38. The molecule has 2 aromatic rings. The minimum atomic E-state index is -0.453. The molecule has 152 valence electrons. The maximum atomic E-state index is 12.9. The summed E-state index contributed by atoms with van der Waals surface area (Å²) in [5.41, 5.74) is 1.39. The summed E-state index contributed by atoms with van der Waals surface area (Å²) in [7, 11) is 0. The van der Waals surface area contributed by atoms with E-state index in [4.69, 9.17) is 9.47 Å². The number of hydrogen-bond donors (Lipinski definition) is 1. The number of rotatable bonds is 2. The number of ether oxygens (including phenoxy) is 2. The van der Waals surface area contributed by atoms with Crippen LogP contribution in [0.1, 0.15) is 21.7 Å². The first kappa shape index (κ1) is 18.0. The van der Waals surface area contributed by atoms with Gasteiger partial charge < -0.3 is 19.7 Å². The lowest BCUT2D eigenvalue weighted by Gasteiger charge is -2.40. The van der Waals surface area contributed by atoms with Crippen molar-refractivity contribution in [3.8, 4) is 0 Å². The molecule has 5 rings (SSSR count). The summed E-state index contributed by atoms with van der Waals surface area (Å²) < 4.78 is 13.9. The third-order valence-corrected chi connectivity index (χ3v) is 5.88.